The van der Waals surface area contributed by atoms with Crippen LogP contribution in [0.3, 0.4) is 0 Å². The molecular formula is C25H17F2N7O. The molecule has 8 nitrogen and oxygen atoms in total. The topological polar surface area (TPSA) is 126 Å². The first-order valence-electron chi connectivity index (χ1n) is 10.5. The van der Waals surface area contributed by atoms with E-state index in [9.17, 15) is 19.1 Å². The predicted molar refractivity (Wildman–Crippen MR) is 124 cm³/mol. The molecule has 0 aliphatic carbocycles. The summed E-state index contributed by atoms with van der Waals surface area (Å²) in [6, 6.07) is 14.0. The number of hydrogen-bond donors (Lipinski definition) is 2. The Balaban J connectivity index is 1.84. The van der Waals surface area contributed by atoms with Gasteiger partial charge in [0.2, 0.25) is 0 Å². The number of aliphatic hydroxyl groups excluding tert-OH is 1. The molecule has 0 radical (unpaired) electrons. The van der Waals surface area contributed by atoms with Crippen molar-refractivity contribution in [2.45, 2.75) is 13.0 Å². The molecule has 5 aromatic rings. The minimum Gasteiger partial charge on any atom is -0.381 e. The van der Waals surface area contributed by atoms with E-state index in [1.165, 1.54) is 10.6 Å². The maximum absolute atomic E-state index is 14.4. The molecule has 0 amide bonds. The fraction of sp³-hybridized carbons (Fsp3) is 0.0800. The summed E-state index contributed by atoms with van der Waals surface area (Å²) in [4.78, 5) is 12.9. The second-order valence-electron chi connectivity index (χ2n) is 7.79. The van der Waals surface area contributed by atoms with Crippen LogP contribution in [0.2, 0.25) is 0 Å². The molecule has 2 aromatic carbocycles. The predicted octanol–water partition coefficient (Wildman–Crippen LogP) is 3.98. The normalized spacial score (nSPS) is 12.0. The molecule has 0 bridgehead atoms. The van der Waals surface area contributed by atoms with Gasteiger partial charge in [0.1, 0.15) is 29.1 Å². The molecule has 3 aromatic heterocycles. The Hall–Kier alpha value is -4.75. The van der Waals surface area contributed by atoms with Gasteiger partial charge in [0.15, 0.2) is 17.3 Å². The van der Waals surface area contributed by atoms with Crippen LogP contribution in [0.1, 0.15) is 28.6 Å². The van der Waals surface area contributed by atoms with Gasteiger partial charge in [-0.1, -0.05) is 24.3 Å². The van der Waals surface area contributed by atoms with Crippen LogP contribution in [0, 0.1) is 29.9 Å². The van der Waals surface area contributed by atoms with Crippen molar-refractivity contribution in [3.63, 3.8) is 0 Å². The molecule has 5 rings (SSSR count). The lowest BCUT2D eigenvalue weighted by molar-refractivity contribution is 0.199. The van der Waals surface area contributed by atoms with Gasteiger partial charge in [-0.25, -0.2) is 23.3 Å². The summed E-state index contributed by atoms with van der Waals surface area (Å²) in [6.45, 7) is 1.84. The summed E-state index contributed by atoms with van der Waals surface area (Å²) in [5.74, 6) is -2.17. The molecule has 10 heteroatoms. The smallest absolute Gasteiger partial charge is 0.199 e. The number of aliphatic hydroxyl groups is 1. The average molecular weight is 469 g/mol. The van der Waals surface area contributed by atoms with E-state index in [4.69, 9.17) is 5.73 Å². The molecule has 3 N–H and O–H groups in total. The highest BCUT2D eigenvalue weighted by Gasteiger charge is 2.27. The van der Waals surface area contributed by atoms with E-state index in [1.54, 1.807) is 42.7 Å². The molecule has 0 saturated heterocycles. The number of anilines is 1. The van der Waals surface area contributed by atoms with Gasteiger partial charge in [0.05, 0.1) is 17.2 Å². The van der Waals surface area contributed by atoms with E-state index in [0.717, 1.165) is 17.7 Å². The van der Waals surface area contributed by atoms with E-state index in [0.29, 0.717) is 28.1 Å². The SMILES string of the molecule is Cc1cnccc1-c1c(-c2ccccc2C#N)nc(N)c2nc(C(O)c3c(F)cccc3F)nn12. The number of aryl methyl sites for hydroxylation is 1. The number of hydrogen-bond acceptors (Lipinski definition) is 7. The van der Waals surface area contributed by atoms with Gasteiger partial charge in [-0.05, 0) is 36.8 Å². The fourth-order valence-corrected chi connectivity index (χ4v) is 3.95. The number of aromatic nitrogens is 5. The summed E-state index contributed by atoms with van der Waals surface area (Å²) < 4.78 is 30.1. The molecule has 1 atom stereocenters. The van der Waals surface area contributed by atoms with Crippen molar-refractivity contribution >= 4 is 11.5 Å². The first kappa shape index (κ1) is 22.1. The zero-order valence-electron chi connectivity index (χ0n) is 18.3. The number of fused-ring (bicyclic) bond motifs is 1. The molecule has 35 heavy (non-hydrogen) atoms. The van der Waals surface area contributed by atoms with Crippen LogP contribution in [0.25, 0.3) is 28.2 Å². The zero-order valence-corrected chi connectivity index (χ0v) is 18.3. The van der Waals surface area contributed by atoms with Crippen molar-refractivity contribution in [3.8, 4) is 28.6 Å². The third kappa shape index (κ3) is 3.64. The Morgan fingerprint density at radius 2 is 1.77 bits per heavy atom. The molecular weight excluding hydrogens is 452 g/mol. The number of nitriles is 1. The first-order valence-corrected chi connectivity index (χ1v) is 10.5. The molecule has 0 spiro atoms. The van der Waals surface area contributed by atoms with Gasteiger partial charge in [0, 0.05) is 23.5 Å². The Morgan fingerprint density at radius 3 is 2.49 bits per heavy atom. The van der Waals surface area contributed by atoms with Crippen LogP contribution in [0.4, 0.5) is 14.6 Å². The second kappa shape index (κ2) is 8.55. The maximum atomic E-state index is 14.4. The van der Waals surface area contributed by atoms with Crippen molar-refractivity contribution in [2.75, 3.05) is 5.73 Å². The lowest BCUT2D eigenvalue weighted by atomic mass is 9.98. The van der Waals surface area contributed by atoms with E-state index < -0.39 is 23.3 Å². The largest absolute Gasteiger partial charge is 0.381 e. The molecule has 172 valence electrons. The summed E-state index contributed by atoms with van der Waals surface area (Å²) in [7, 11) is 0. The molecule has 0 aliphatic rings. The number of nitrogens with zero attached hydrogens (tertiary/aromatic N) is 6. The third-order valence-corrected chi connectivity index (χ3v) is 5.62. The zero-order chi connectivity index (χ0) is 24.7. The quantitative estimate of drug-likeness (QED) is 0.408. The summed E-state index contributed by atoms with van der Waals surface area (Å²) in [5.41, 5.74) is 8.82. The van der Waals surface area contributed by atoms with E-state index in [1.807, 2.05) is 6.92 Å². The van der Waals surface area contributed by atoms with Crippen molar-refractivity contribution in [1.29, 1.82) is 5.26 Å². The van der Waals surface area contributed by atoms with Gasteiger partial charge in [-0.15, -0.1) is 5.10 Å². The Morgan fingerprint density at radius 1 is 1.03 bits per heavy atom. The van der Waals surface area contributed by atoms with Crippen LogP contribution in [0.5, 0.6) is 0 Å². The third-order valence-electron chi connectivity index (χ3n) is 5.62. The molecule has 0 aliphatic heterocycles. The van der Waals surface area contributed by atoms with Crippen molar-refractivity contribution in [2.24, 2.45) is 0 Å². The van der Waals surface area contributed by atoms with Crippen LogP contribution in [-0.2, 0) is 0 Å². The van der Waals surface area contributed by atoms with Crippen LogP contribution in [0.15, 0.2) is 60.9 Å². The minimum absolute atomic E-state index is 0.0387. The number of rotatable bonds is 4. The highest BCUT2D eigenvalue weighted by atomic mass is 19.1. The van der Waals surface area contributed by atoms with Gasteiger partial charge >= 0.3 is 0 Å². The lowest BCUT2D eigenvalue weighted by Crippen LogP contribution is -2.08. The van der Waals surface area contributed by atoms with E-state index in [2.05, 4.69) is 26.1 Å². The molecule has 3 heterocycles. The van der Waals surface area contributed by atoms with Gasteiger partial charge in [0.25, 0.3) is 0 Å². The Labute approximate surface area is 198 Å². The summed E-state index contributed by atoms with van der Waals surface area (Å²) >= 11 is 0. The van der Waals surface area contributed by atoms with E-state index >= 15 is 0 Å². The number of halogens is 2. The highest BCUT2D eigenvalue weighted by Crippen LogP contribution is 2.36. The number of benzene rings is 2. The number of pyridine rings is 1. The molecule has 0 saturated carbocycles. The lowest BCUT2D eigenvalue weighted by Gasteiger charge is -2.14. The van der Waals surface area contributed by atoms with Gasteiger partial charge < -0.3 is 10.8 Å². The molecule has 1 unspecified atom stereocenters. The Bertz CT molecular complexity index is 1620. The average Bonchev–Trinajstić information content (AvgIpc) is 3.30. The van der Waals surface area contributed by atoms with Gasteiger partial charge in [-0.3, -0.25) is 4.98 Å². The standard InChI is InChI=1S/C25H17F2N7O/c1-13-12-30-10-9-15(13)21-20(16-6-3-2-5-14(16)11-28)31-23(29)25-32-24(33-34(21)25)22(35)19-17(26)7-4-8-18(19)27/h2-10,12,22,35H,1H3,(H2,29,31). The second-order valence-corrected chi connectivity index (χ2v) is 7.79. The summed E-state index contributed by atoms with van der Waals surface area (Å²) in [5, 5.41) is 24.9. The highest BCUT2D eigenvalue weighted by molar-refractivity contribution is 5.85. The van der Waals surface area contributed by atoms with Crippen molar-refractivity contribution < 1.29 is 13.9 Å². The van der Waals surface area contributed by atoms with Crippen molar-refractivity contribution in [3.05, 3.63) is 95.1 Å². The van der Waals surface area contributed by atoms with Crippen LogP contribution in [-0.4, -0.2) is 29.7 Å². The van der Waals surface area contributed by atoms with Gasteiger partial charge in [-0.2, -0.15) is 5.26 Å². The number of nitrogens with two attached hydrogens (primary N) is 1. The minimum atomic E-state index is -1.79. The monoisotopic (exact) mass is 469 g/mol. The first-order chi connectivity index (χ1) is 16.9. The molecule has 0 fully saturated rings. The fourth-order valence-electron chi connectivity index (χ4n) is 3.95. The maximum Gasteiger partial charge on any atom is 0.199 e. The summed E-state index contributed by atoms with van der Waals surface area (Å²) in [6.07, 6.45) is 1.45. The Kier molecular flexibility index (Phi) is 5.39. The number of nitrogen functional groups attached to an aromatic ring is 1. The van der Waals surface area contributed by atoms with Crippen molar-refractivity contribution in [1.82, 2.24) is 24.6 Å². The van der Waals surface area contributed by atoms with E-state index in [-0.39, 0.29) is 17.3 Å². The van der Waals surface area contributed by atoms with Crippen LogP contribution >= 0.6 is 0 Å². The van der Waals surface area contributed by atoms with Crippen LogP contribution < -0.4 is 5.73 Å².